The van der Waals surface area contributed by atoms with Gasteiger partial charge in [-0.15, -0.1) is 0 Å². The molecule has 1 amide bonds. The number of amides is 1. The Bertz CT molecular complexity index is 1230. The van der Waals surface area contributed by atoms with E-state index in [1.807, 2.05) is 23.1 Å². The Morgan fingerprint density at radius 2 is 1.86 bits per heavy atom. The number of carbonyl (C=O) groups excluding carboxylic acids is 1. The van der Waals surface area contributed by atoms with Crippen LogP contribution in [-0.2, 0) is 16.0 Å². The van der Waals surface area contributed by atoms with Crippen molar-refractivity contribution in [2.45, 2.75) is 32.7 Å². The molecule has 7 nitrogen and oxygen atoms in total. The van der Waals surface area contributed by atoms with E-state index in [-0.39, 0.29) is 24.9 Å². The first kappa shape index (κ1) is 25.5. The Balaban J connectivity index is 0.000000214. The van der Waals surface area contributed by atoms with Gasteiger partial charge in [-0.3, -0.25) is 14.5 Å². The summed E-state index contributed by atoms with van der Waals surface area (Å²) in [5.74, 6) is 0.0754. The fourth-order valence-electron chi connectivity index (χ4n) is 5.15. The lowest BCUT2D eigenvalue weighted by molar-refractivity contribution is -0.137. The summed E-state index contributed by atoms with van der Waals surface area (Å²) in [4.78, 5) is 30.7. The summed E-state index contributed by atoms with van der Waals surface area (Å²) in [6.07, 6.45) is 5.45. The quantitative estimate of drug-likeness (QED) is 0.512. The van der Waals surface area contributed by atoms with Gasteiger partial charge in [-0.1, -0.05) is 36.4 Å². The zero-order valence-corrected chi connectivity index (χ0v) is 21.2. The van der Waals surface area contributed by atoms with E-state index >= 15 is 0 Å². The van der Waals surface area contributed by atoms with Gasteiger partial charge in [-0.05, 0) is 62.2 Å². The average Bonchev–Trinajstić information content (AvgIpc) is 3.30. The van der Waals surface area contributed by atoms with Crippen molar-refractivity contribution < 1.29 is 19.4 Å². The summed E-state index contributed by atoms with van der Waals surface area (Å²) in [7, 11) is 2.15. The van der Waals surface area contributed by atoms with E-state index in [9.17, 15) is 9.59 Å². The van der Waals surface area contributed by atoms with Crippen LogP contribution in [0.25, 0.3) is 16.5 Å². The van der Waals surface area contributed by atoms with Crippen molar-refractivity contribution in [3.63, 3.8) is 0 Å². The molecule has 0 radical (unpaired) electrons. The zero-order chi connectivity index (χ0) is 25.7. The predicted molar refractivity (Wildman–Crippen MR) is 142 cm³/mol. The Morgan fingerprint density at radius 3 is 2.56 bits per heavy atom. The lowest BCUT2D eigenvalue weighted by Gasteiger charge is -2.40. The Morgan fingerprint density at radius 1 is 1.11 bits per heavy atom. The molecule has 36 heavy (non-hydrogen) atoms. The number of rotatable bonds is 7. The van der Waals surface area contributed by atoms with Crippen molar-refractivity contribution >= 4 is 28.4 Å². The molecule has 2 heterocycles. The first-order valence-corrected chi connectivity index (χ1v) is 12.6. The number of ether oxygens (including phenoxy) is 1. The van der Waals surface area contributed by atoms with Crippen molar-refractivity contribution in [3.8, 4) is 5.75 Å². The first-order valence-electron chi connectivity index (χ1n) is 12.6. The number of H-pyrrole nitrogens is 1. The van der Waals surface area contributed by atoms with Gasteiger partial charge < -0.3 is 19.7 Å². The van der Waals surface area contributed by atoms with Crippen molar-refractivity contribution in [1.29, 1.82) is 0 Å². The fourth-order valence-corrected chi connectivity index (χ4v) is 5.15. The monoisotopic (exact) mass is 489 g/mol. The van der Waals surface area contributed by atoms with Gasteiger partial charge in [0.2, 0.25) is 5.91 Å². The number of carboxylic acids is 1. The molecule has 2 aromatic carbocycles. The molecule has 0 fully saturated rings. The van der Waals surface area contributed by atoms with Crippen LogP contribution in [0.1, 0.15) is 31.4 Å². The summed E-state index contributed by atoms with van der Waals surface area (Å²) in [5.41, 5.74) is 5.21. The normalized spacial score (nSPS) is 18.5. The first-order chi connectivity index (χ1) is 17.4. The van der Waals surface area contributed by atoms with Crippen LogP contribution >= 0.6 is 0 Å². The zero-order valence-electron chi connectivity index (χ0n) is 21.2. The highest BCUT2D eigenvalue weighted by atomic mass is 16.5. The molecule has 0 bridgehead atoms. The van der Waals surface area contributed by atoms with Gasteiger partial charge in [-0.25, -0.2) is 0 Å². The second kappa shape index (κ2) is 11.4. The number of hydrogen-bond acceptors (Lipinski definition) is 4. The summed E-state index contributed by atoms with van der Waals surface area (Å²) in [5, 5.41) is 9.65. The third-order valence-electron chi connectivity index (χ3n) is 6.99. The van der Waals surface area contributed by atoms with Crippen LogP contribution in [0, 0.1) is 5.92 Å². The highest BCUT2D eigenvalue weighted by Crippen LogP contribution is 2.40. The number of nitrogens with zero attached hydrogens (tertiary/aromatic N) is 2. The van der Waals surface area contributed by atoms with E-state index in [2.05, 4.69) is 61.3 Å². The third kappa shape index (κ3) is 5.46. The van der Waals surface area contributed by atoms with Gasteiger partial charge in [0.05, 0.1) is 18.9 Å². The minimum atomic E-state index is -0.842. The number of benzene rings is 2. The molecule has 2 aliphatic rings. The van der Waals surface area contributed by atoms with Crippen LogP contribution in [0.5, 0.6) is 5.75 Å². The summed E-state index contributed by atoms with van der Waals surface area (Å²) in [6.45, 7) is 6.69. The topological polar surface area (TPSA) is 85.9 Å². The summed E-state index contributed by atoms with van der Waals surface area (Å²) >= 11 is 0. The van der Waals surface area contributed by atoms with Crippen molar-refractivity contribution in [2.75, 3.05) is 33.3 Å². The van der Waals surface area contributed by atoms with Crippen LogP contribution in [0.4, 0.5) is 0 Å². The molecule has 2 atom stereocenters. The molecule has 0 unspecified atom stereocenters. The number of para-hydroxylation sites is 1. The van der Waals surface area contributed by atoms with Crippen LogP contribution in [-0.4, -0.2) is 71.1 Å². The summed E-state index contributed by atoms with van der Waals surface area (Å²) in [6, 6.07) is 16.0. The fraction of sp³-hybridized carbons (Fsp3) is 0.379. The van der Waals surface area contributed by atoms with E-state index in [4.69, 9.17) is 9.84 Å². The van der Waals surface area contributed by atoms with E-state index in [1.165, 1.54) is 27.6 Å². The number of likely N-dealkylation sites (N-methyl/N-ethyl adjacent to an activating group) is 1. The average molecular weight is 490 g/mol. The van der Waals surface area contributed by atoms with E-state index in [0.29, 0.717) is 11.8 Å². The SMILES string of the molecule is CCN(CC)C(=O)[C@@H]1C=C2c3cccc4[nH]cc(c34)C[C@H]2N(C)C1.O=C(O)CCOc1ccccc1. The van der Waals surface area contributed by atoms with Crippen LogP contribution < -0.4 is 4.74 Å². The number of hydrogen-bond donors (Lipinski definition) is 2. The smallest absolute Gasteiger partial charge is 0.306 e. The Kier molecular flexibility index (Phi) is 8.10. The largest absolute Gasteiger partial charge is 0.493 e. The van der Waals surface area contributed by atoms with Gasteiger partial charge in [0.15, 0.2) is 0 Å². The van der Waals surface area contributed by atoms with Gasteiger partial charge >= 0.3 is 5.97 Å². The molecular formula is C29H35N3O4. The molecule has 1 aliphatic carbocycles. The molecular weight excluding hydrogens is 454 g/mol. The number of carbonyl (C=O) groups is 2. The number of fused-ring (bicyclic) bond motifs is 2. The number of nitrogens with one attached hydrogen (secondary N) is 1. The van der Waals surface area contributed by atoms with Gasteiger partial charge in [0.25, 0.3) is 0 Å². The van der Waals surface area contributed by atoms with E-state index in [0.717, 1.165) is 26.1 Å². The standard InChI is InChI=1S/C20H25N3O.C9H10O3/c1-4-23(5-2)20(24)14-9-16-15-7-6-8-17-19(15)13(11-21-17)10-18(16)22(3)12-14;10-9(11)6-7-12-8-4-2-1-3-5-8/h6-9,11,14,18,21H,4-5,10,12H2,1-3H3;1-5H,6-7H2,(H,10,11)/t14-,18-;/m1./s1. The number of aromatic nitrogens is 1. The predicted octanol–water partition coefficient (Wildman–Crippen LogP) is 4.45. The number of carboxylic acid groups (broad SMARTS) is 1. The Labute approximate surface area is 212 Å². The van der Waals surface area contributed by atoms with Crippen LogP contribution in [0.2, 0.25) is 0 Å². The Hall–Kier alpha value is -3.58. The molecule has 2 N–H and O–H groups in total. The minimum absolute atomic E-state index is 0.0366. The van der Waals surface area contributed by atoms with Gasteiger partial charge in [-0.2, -0.15) is 0 Å². The second-order valence-electron chi connectivity index (χ2n) is 9.25. The molecule has 7 heteroatoms. The molecule has 0 saturated heterocycles. The maximum atomic E-state index is 12.9. The molecule has 0 saturated carbocycles. The maximum absolute atomic E-state index is 12.9. The summed E-state index contributed by atoms with van der Waals surface area (Å²) < 4.78 is 5.14. The van der Waals surface area contributed by atoms with E-state index < -0.39 is 5.97 Å². The molecule has 1 aromatic heterocycles. The van der Waals surface area contributed by atoms with Crippen molar-refractivity contribution in [1.82, 2.24) is 14.8 Å². The third-order valence-corrected chi connectivity index (χ3v) is 6.99. The molecule has 5 rings (SSSR count). The van der Waals surface area contributed by atoms with E-state index in [1.54, 1.807) is 12.1 Å². The lowest BCUT2D eigenvalue weighted by atomic mass is 9.79. The highest BCUT2D eigenvalue weighted by molar-refractivity contribution is 5.99. The second-order valence-corrected chi connectivity index (χ2v) is 9.25. The van der Waals surface area contributed by atoms with Crippen molar-refractivity contribution in [3.05, 3.63) is 71.9 Å². The lowest BCUT2D eigenvalue weighted by Crippen LogP contribution is -2.47. The van der Waals surface area contributed by atoms with Crippen LogP contribution in [0.3, 0.4) is 0 Å². The number of aliphatic carboxylic acids is 1. The maximum Gasteiger partial charge on any atom is 0.306 e. The van der Waals surface area contributed by atoms with Gasteiger partial charge in [0, 0.05) is 42.8 Å². The van der Waals surface area contributed by atoms with Crippen molar-refractivity contribution in [2.24, 2.45) is 5.92 Å². The van der Waals surface area contributed by atoms with Crippen LogP contribution in [0.15, 0.2) is 60.8 Å². The number of aromatic amines is 1. The molecule has 0 spiro atoms. The minimum Gasteiger partial charge on any atom is -0.493 e. The molecule has 1 aliphatic heterocycles. The molecule has 3 aromatic rings. The molecule has 190 valence electrons. The highest BCUT2D eigenvalue weighted by Gasteiger charge is 2.36. The van der Waals surface area contributed by atoms with Gasteiger partial charge in [0.1, 0.15) is 5.75 Å².